The molecule has 3 rings (SSSR count). The maximum atomic E-state index is 13.1. The Morgan fingerprint density at radius 1 is 1.03 bits per heavy atom. The lowest BCUT2D eigenvalue weighted by molar-refractivity contribution is -0.118. The highest BCUT2D eigenvalue weighted by atomic mass is 32.2. The van der Waals surface area contributed by atoms with Gasteiger partial charge in [-0.3, -0.25) is 9.78 Å². The third-order valence-electron chi connectivity index (χ3n) is 4.76. The second-order valence-corrected chi connectivity index (χ2v) is 9.16. The highest BCUT2D eigenvalue weighted by Gasteiger charge is 2.29. The zero-order chi connectivity index (χ0) is 21.2. The minimum Gasteiger partial charge on any atom is -0.324 e. The van der Waals surface area contributed by atoms with Crippen LogP contribution in [0, 0.1) is 19.8 Å². The molecule has 0 saturated carbocycles. The zero-order valence-electron chi connectivity index (χ0n) is 16.9. The molecule has 6 nitrogen and oxygen atoms in total. The number of rotatable bonds is 6. The Kier molecular flexibility index (Phi) is 6.00. The van der Waals surface area contributed by atoms with E-state index in [2.05, 4.69) is 15.0 Å². The van der Waals surface area contributed by atoms with Crippen molar-refractivity contribution >= 4 is 32.5 Å². The second kappa shape index (κ2) is 8.31. The molecule has 1 amide bonds. The Balaban J connectivity index is 1.90. The molecular weight excluding hydrogens is 386 g/mol. The summed E-state index contributed by atoms with van der Waals surface area (Å²) >= 11 is 0. The molecule has 0 unspecified atom stereocenters. The first-order chi connectivity index (χ1) is 13.7. The minimum atomic E-state index is -3.96. The van der Waals surface area contributed by atoms with Crippen molar-refractivity contribution in [3.8, 4) is 0 Å². The van der Waals surface area contributed by atoms with Crippen LogP contribution < -0.4 is 10.0 Å². The lowest BCUT2D eigenvalue weighted by atomic mass is 10.0. The van der Waals surface area contributed by atoms with E-state index in [0.29, 0.717) is 11.2 Å². The third kappa shape index (κ3) is 4.63. The van der Waals surface area contributed by atoms with Gasteiger partial charge in [-0.1, -0.05) is 49.7 Å². The van der Waals surface area contributed by atoms with Gasteiger partial charge in [0.05, 0.1) is 5.52 Å². The number of pyridine rings is 1. The highest BCUT2D eigenvalue weighted by Crippen LogP contribution is 2.22. The van der Waals surface area contributed by atoms with Gasteiger partial charge in [-0.25, -0.2) is 8.42 Å². The lowest BCUT2D eigenvalue weighted by Crippen LogP contribution is -2.47. The number of carbonyl (C=O) groups is 1. The third-order valence-corrected chi connectivity index (χ3v) is 6.23. The highest BCUT2D eigenvalue weighted by molar-refractivity contribution is 7.89. The average Bonchev–Trinajstić information content (AvgIpc) is 2.67. The number of amides is 1. The summed E-state index contributed by atoms with van der Waals surface area (Å²) in [5, 5.41) is 3.57. The summed E-state index contributed by atoms with van der Waals surface area (Å²) in [4.78, 5) is 17.2. The second-order valence-electron chi connectivity index (χ2n) is 7.48. The van der Waals surface area contributed by atoms with E-state index in [1.165, 1.54) is 6.07 Å². The van der Waals surface area contributed by atoms with E-state index in [-0.39, 0.29) is 10.8 Å². The van der Waals surface area contributed by atoms with Crippen molar-refractivity contribution < 1.29 is 13.2 Å². The summed E-state index contributed by atoms with van der Waals surface area (Å²) in [5.41, 5.74) is 3.05. The predicted molar refractivity (Wildman–Crippen MR) is 115 cm³/mol. The smallest absolute Gasteiger partial charge is 0.243 e. The van der Waals surface area contributed by atoms with E-state index in [1.54, 1.807) is 44.3 Å². The zero-order valence-corrected chi connectivity index (χ0v) is 17.7. The van der Waals surface area contributed by atoms with Crippen molar-refractivity contribution in [3.05, 3.63) is 65.9 Å². The summed E-state index contributed by atoms with van der Waals surface area (Å²) in [7, 11) is -3.96. The molecule has 0 aliphatic heterocycles. The molecule has 1 atom stereocenters. The Labute approximate surface area is 171 Å². The van der Waals surface area contributed by atoms with Crippen LogP contribution in [0.5, 0.6) is 0 Å². The van der Waals surface area contributed by atoms with Gasteiger partial charge in [0.15, 0.2) is 0 Å². The first kappa shape index (κ1) is 21.0. The van der Waals surface area contributed by atoms with Gasteiger partial charge in [0.2, 0.25) is 15.9 Å². The van der Waals surface area contributed by atoms with Crippen molar-refractivity contribution in [2.24, 2.45) is 5.92 Å². The monoisotopic (exact) mass is 411 g/mol. The Morgan fingerprint density at radius 3 is 2.45 bits per heavy atom. The first-order valence-electron chi connectivity index (χ1n) is 9.43. The summed E-state index contributed by atoms with van der Waals surface area (Å²) < 4.78 is 28.8. The Bertz CT molecular complexity index is 1150. The van der Waals surface area contributed by atoms with Crippen LogP contribution >= 0.6 is 0 Å². The van der Waals surface area contributed by atoms with Crippen LogP contribution in [0.2, 0.25) is 0 Å². The molecule has 152 valence electrons. The molecular formula is C22H25N3O3S. The summed E-state index contributed by atoms with van der Waals surface area (Å²) in [5.74, 6) is -0.651. The van der Waals surface area contributed by atoms with Crippen LogP contribution in [0.25, 0.3) is 10.9 Å². The number of sulfonamides is 1. The van der Waals surface area contributed by atoms with Crippen molar-refractivity contribution in [1.29, 1.82) is 0 Å². The van der Waals surface area contributed by atoms with Gasteiger partial charge in [0.1, 0.15) is 10.9 Å². The van der Waals surface area contributed by atoms with Crippen LogP contribution in [0.15, 0.2) is 59.6 Å². The van der Waals surface area contributed by atoms with Gasteiger partial charge in [0.25, 0.3) is 0 Å². The SMILES string of the molecule is Cc1ccc(NC(=O)[C@@H](NS(=O)(=O)c2cccc3cccnc23)C(C)C)c(C)c1. The Hall–Kier alpha value is -2.77. The molecule has 0 aliphatic carbocycles. The molecule has 0 radical (unpaired) electrons. The van der Waals surface area contributed by atoms with Gasteiger partial charge in [0, 0.05) is 17.3 Å². The van der Waals surface area contributed by atoms with Crippen molar-refractivity contribution in [1.82, 2.24) is 9.71 Å². The number of hydrogen-bond acceptors (Lipinski definition) is 4. The number of nitrogens with one attached hydrogen (secondary N) is 2. The molecule has 3 aromatic rings. The molecule has 0 spiro atoms. The molecule has 29 heavy (non-hydrogen) atoms. The van der Waals surface area contributed by atoms with Crippen LogP contribution in [-0.2, 0) is 14.8 Å². The number of hydrogen-bond donors (Lipinski definition) is 2. The number of fused-ring (bicyclic) bond motifs is 1. The fourth-order valence-corrected chi connectivity index (χ4v) is 4.70. The molecule has 2 N–H and O–H groups in total. The van der Waals surface area contributed by atoms with E-state index < -0.39 is 22.0 Å². The van der Waals surface area contributed by atoms with E-state index in [9.17, 15) is 13.2 Å². The van der Waals surface area contributed by atoms with Crippen LogP contribution in [0.4, 0.5) is 5.69 Å². The van der Waals surface area contributed by atoms with E-state index >= 15 is 0 Å². The van der Waals surface area contributed by atoms with E-state index in [4.69, 9.17) is 0 Å². The molecule has 2 aromatic carbocycles. The van der Waals surface area contributed by atoms with Crippen molar-refractivity contribution in [2.75, 3.05) is 5.32 Å². The fourth-order valence-electron chi connectivity index (χ4n) is 3.18. The molecule has 0 aliphatic rings. The number of aryl methyl sites for hydroxylation is 2. The normalized spacial score (nSPS) is 12.9. The average molecular weight is 412 g/mol. The minimum absolute atomic E-state index is 0.0561. The fraction of sp³-hybridized carbons (Fsp3) is 0.273. The van der Waals surface area contributed by atoms with Crippen molar-refractivity contribution in [3.63, 3.8) is 0 Å². The van der Waals surface area contributed by atoms with Gasteiger partial charge in [-0.15, -0.1) is 0 Å². The van der Waals surface area contributed by atoms with E-state index in [0.717, 1.165) is 16.5 Å². The van der Waals surface area contributed by atoms with E-state index in [1.807, 2.05) is 32.0 Å². The molecule has 7 heteroatoms. The van der Waals surface area contributed by atoms with Gasteiger partial charge in [-0.05, 0) is 43.5 Å². The molecule has 1 aromatic heterocycles. The maximum Gasteiger partial charge on any atom is 0.243 e. The van der Waals surface area contributed by atoms with Gasteiger partial charge in [-0.2, -0.15) is 4.72 Å². The van der Waals surface area contributed by atoms with Crippen LogP contribution in [0.3, 0.4) is 0 Å². The van der Waals surface area contributed by atoms with Gasteiger partial charge >= 0.3 is 0 Å². The lowest BCUT2D eigenvalue weighted by Gasteiger charge is -2.22. The topological polar surface area (TPSA) is 88.2 Å². The summed E-state index contributed by atoms with van der Waals surface area (Å²) in [6, 6.07) is 13.3. The first-order valence-corrected chi connectivity index (χ1v) is 10.9. The number of aromatic nitrogens is 1. The molecule has 0 fully saturated rings. The summed E-state index contributed by atoms with van der Waals surface area (Å²) in [6.07, 6.45) is 1.55. The number of nitrogens with zero attached hydrogens (tertiary/aromatic N) is 1. The number of anilines is 1. The standard InChI is InChI=1S/C22H25N3O3S/c1-14(2)20(22(26)24-18-11-10-15(3)13-16(18)4)25-29(27,28)19-9-5-7-17-8-6-12-23-21(17)19/h5-14,20,25H,1-4H3,(H,24,26)/t20-/m0/s1. The molecule has 0 saturated heterocycles. The van der Waals surface area contributed by atoms with Gasteiger partial charge < -0.3 is 5.32 Å². The van der Waals surface area contributed by atoms with Crippen LogP contribution in [0.1, 0.15) is 25.0 Å². The van der Waals surface area contributed by atoms with Crippen LogP contribution in [-0.4, -0.2) is 25.4 Å². The Morgan fingerprint density at radius 2 is 1.76 bits per heavy atom. The molecule has 1 heterocycles. The number of benzene rings is 2. The number of carbonyl (C=O) groups excluding carboxylic acids is 1. The quantitative estimate of drug-likeness (QED) is 0.646. The molecule has 0 bridgehead atoms. The maximum absolute atomic E-state index is 13.1. The number of para-hydroxylation sites is 1. The predicted octanol–water partition coefficient (Wildman–Crippen LogP) is 3.79. The van der Waals surface area contributed by atoms with Crippen molar-refractivity contribution in [2.45, 2.75) is 38.6 Å². The summed E-state index contributed by atoms with van der Waals surface area (Å²) in [6.45, 7) is 7.48. The largest absolute Gasteiger partial charge is 0.324 e.